The summed E-state index contributed by atoms with van der Waals surface area (Å²) in [6.45, 7) is 3.90. The molecule has 25 heavy (non-hydrogen) atoms. The molecule has 1 amide bonds. The van der Waals surface area contributed by atoms with Crippen molar-refractivity contribution in [2.45, 2.75) is 24.9 Å². The summed E-state index contributed by atoms with van der Waals surface area (Å²) in [5.41, 5.74) is 3.72. The number of aryl methyl sites for hydroxylation is 1. The van der Waals surface area contributed by atoms with Gasteiger partial charge in [0, 0.05) is 17.0 Å². The molecule has 0 fully saturated rings. The second-order valence-electron chi connectivity index (χ2n) is 5.82. The number of hydrogen-bond acceptors (Lipinski definition) is 4. The second kappa shape index (κ2) is 8.03. The van der Waals surface area contributed by atoms with Gasteiger partial charge in [-0.25, -0.2) is 4.98 Å². The summed E-state index contributed by atoms with van der Waals surface area (Å²) in [6.07, 6.45) is 1.65. The quantitative estimate of drug-likeness (QED) is 0.685. The Hall–Kier alpha value is -2.53. The molecule has 0 saturated carbocycles. The first-order valence-electron chi connectivity index (χ1n) is 8.11. The standard InChI is InChI=1S/C20H20N2O2S/c1-14-7-6-10-17(11-14)21-19(23)15(2)25-13-18-12-24-20(22-18)16-8-4-3-5-9-16/h3-12,15H,13H2,1-2H3,(H,21,23). The molecule has 5 heteroatoms. The fourth-order valence-corrected chi connectivity index (χ4v) is 3.10. The predicted molar refractivity (Wildman–Crippen MR) is 103 cm³/mol. The van der Waals surface area contributed by atoms with Crippen molar-refractivity contribution < 1.29 is 9.21 Å². The van der Waals surface area contributed by atoms with Gasteiger partial charge in [0.25, 0.3) is 0 Å². The summed E-state index contributed by atoms with van der Waals surface area (Å²) in [6, 6.07) is 17.6. The number of nitrogens with zero attached hydrogens (tertiary/aromatic N) is 1. The highest BCUT2D eigenvalue weighted by Gasteiger charge is 2.15. The lowest BCUT2D eigenvalue weighted by Gasteiger charge is -2.11. The molecule has 1 atom stereocenters. The van der Waals surface area contributed by atoms with Gasteiger partial charge in [-0.1, -0.05) is 30.3 Å². The van der Waals surface area contributed by atoms with E-state index in [-0.39, 0.29) is 11.2 Å². The average Bonchev–Trinajstić information content (AvgIpc) is 3.09. The van der Waals surface area contributed by atoms with Crippen molar-refractivity contribution >= 4 is 23.4 Å². The zero-order valence-electron chi connectivity index (χ0n) is 14.2. The number of carbonyl (C=O) groups excluding carboxylic acids is 1. The van der Waals surface area contributed by atoms with Gasteiger partial charge in [-0.3, -0.25) is 4.79 Å². The monoisotopic (exact) mass is 352 g/mol. The lowest BCUT2D eigenvalue weighted by molar-refractivity contribution is -0.115. The Morgan fingerprint density at radius 2 is 2.00 bits per heavy atom. The molecule has 0 aliphatic rings. The number of amides is 1. The molecule has 1 aromatic heterocycles. The van der Waals surface area contributed by atoms with Gasteiger partial charge in [0.15, 0.2) is 0 Å². The molecule has 3 rings (SSSR count). The normalized spacial score (nSPS) is 11.9. The smallest absolute Gasteiger partial charge is 0.237 e. The number of thioether (sulfide) groups is 1. The van der Waals surface area contributed by atoms with Crippen LogP contribution in [0.4, 0.5) is 5.69 Å². The molecule has 128 valence electrons. The summed E-state index contributed by atoms with van der Waals surface area (Å²) in [5, 5.41) is 2.76. The van der Waals surface area contributed by atoms with Crippen LogP contribution in [0, 0.1) is 6.92 Å². The Labute approximate surface area is 151 Å². The van der Waals surface area contributed by atoms with E-state index in [1.165, 1.54) is 11.8 Å². The van der Waals surface area contributed by atoms with E-state index in [0.717, 1.165) is 22.5 Å². The maximum absolute atomic E-state index is 12.3. The van der Waals surface area contributed by atoms with Gasteiger partial charge in [-0.05, 0) is 43.7 Å². The van der Waals surface area contributed by atoms with E-state index in [2.05, 4.69) is 10.3 Å². The van der Waals surface area contributed by atoms with Crippen molar-refractivity contribution in [2.24, 2.45) is 0 Å². The van der Waals surface area contributed by atoms with Crippen LogP contribution in [0.1, 0.15) is 18.2 Å². The highest BCUT2D eigenvalue weighted by molar-refractivity contribution is 7.99. The van der Waals surface area contributed by atoms with Gasteiger partial charge in [0.05, 0.1) is 10.9 Å². The van der Waals surface area contributed by atoms with Crippen LogP contribution in [0.15, 0.2) is 65.3 Å². The number of rotatable bonds is 6. The maximum atomic E-state index is 12.3. The van der Waals surface area contributed by atoms with E-state index in [0.29, 0.717) is 11.6 Å². The first kappa shape index (κ1) is 17.3. The van der Waals surface area contributed by atoms with Crippen molar-refractivity contribution in [1.29, 1.82) is 0 Å². The van der Waals surface area contributed by atoms with E-state index < -0.39 is 0 Å². The number of carbonyl (C=O) groups is 1. The molecule has 1 heterocycles. The third-order valence-electron chi connectivity index (χ3n) is 3.71. The van der Waals surface area contributed by atoms with Crippen LogP contribution in [-0.4, -0.2) is 16.1 Å². The maximum Gasteiger partial charge on any atom is 0.237 e. The fourth-order valence-electron chi connectivity index (χ4n) is 2.34. The van der Waals surface area contributed by atoms with E-state index in [4.69, 9.17) is 4.42 Å². The second-order valence-corrected chi connectivity index (χ2v) is 7.15. The van der Waals surface area contributed by atoms with E-state index >= 15 is 0 Å². The first-order valence-corrected chi connectivity index (χ1v) is 9.15. The van der Waals surface area contributed by atoms with Crippen molar-refractivity contribution in [3.8, 4) is 11.5 Å². The molecule has 1 unspecified atom stereocenters. The Balaban J connectivity index is 1.54. The molecule has 1 N–H and O–H groups in total. The molecule has 0 bridgehead atoms. The van der Waals surface area contributed by atoms with Gasteiger partial charge >= 0.3 is 0 Å². The van der Waals surface area contributed by atoms with Crippen LogP contribution in [-0.2, 0) is 10.5 Å². The minimum atomic E-state index is -0.183. The molecule has 0 spiro atoms. The number of aromatic nitrogens is 1. The van der Waals surface area contributed by atoms with Crippen LogP contribution >= 0.6 is 11.8 Å². The Morgan fingerprint density at radius 3 is 2.76 bits per heavy atom. The van der Waals surface area contributed by atoms with Gasteiger partial charge < -0.3 is 9.73 Å². The van der Waals surface area contributed by atoms with Gasteiger partial charge in [0.2, 0.25) is 11.8 Å². The molecular weight excluding hydrogens is 332 g/mol. The molecular formula is C20H20N2O2S. The SMILES string of the molecule is Cc1cccc(NC(=O)C(C)SCc2coc(-c3ccccc3)n2)c1. The summed E-state index contributed by atoms with van der Waals surface area (Å²) in [4.78, 5) is 16.8. The number of anilines is 1. The summed E-state index contributed by atoms with van der Waals surface area (Å²) in [5.74, 6) is 1.22. The Bertz CT molecular complexity index is 846. The van der Waals surface area contributed by atoms with Crippen LogP contribution in [0.3, 0.4) is 0 Å². The highest BCUT2D eigenvalue weighted by atomic mass is 32.2. The van der Waals surface area contributed by atoms with E-state index in [1.807, 2.05) is 68.4 Å². The summed E-state index contributed by atoms with van der Waals surface area (Å²) < 4.78 is 5.53. The third kappa shape index (κ3) is 4.73. The van der Waals surface area contributed by atoms with Crippen molar-refractivity contribution in [1.82, 2.24) is 4.98 Å². The molecule has 0 saturated heterocycles. The van der Waals surface area contributed by atoms with E-state index in [1.54, 1.807) is 6.26 Å². The zero-order valence-corrected chi connectivity index (χ0v) is 15.0. The molecule has 0 aliphatic carbocycles. The van der Waals surface area contributed by atoms with Crippen LogP contribution in [0.2, 0.25) is 0 Å². The molecule has 3 aromatic rings. The minimum Gasteiger partial charge on any atom is -0.444 e. The topological polar surface area (TPSA) is 55.1 Å². The molecule has 2 aromatic carbocycles. The van der Waals surface area contributed by atoms with Crippen LogP contribution < -0.4 is 5.32 Å². The predicted octanol–water partition coefficient (Wildman–Crippen LogP) is 4.91. The largest absolute Gasteiger partial charge is 0.444 e. The van der Waals surface area contributed by atoms with Crippen molar-refractivity contribution in [2.75, 3.05) is 5.32 Å². The molecule has 4 nitrogen and oxygen atoms in total. The van der Waals surface area contributed by atoms with Crippen molar-refractivity contribution in [3.63, 3.8) is 0 Å². The average molecular weight is 352 g/mol. The molecule has 0 aliphatic heterocycles. The zero-order chi connectivity index (χ0) is 17.6. The first-order chi connectivity index (χ1) is 12.1. The summed E-state index contributed by atoms with van der Waals surface area (Å²) >= 11 is 1.54. The van der Waals surface area contributed by atoms with Gasteiger partial charge in [-0.2, -0.15) is 0 Å². The van der Waals surface area contributed by atoms with Gasteiger partial charge in [0.1, 0.15) is 6.26 Å². The minimum absolute atomic E-state index is 0.0117. The Morgan fingerprint density at radius 1 is 1.20 bits per heavy atom. The van der Waals surface area contributed by atoms with Crippen LogP contribution in [0.25, 0.3) is 11.5 Å². The molecule has 0 radical (unpaired) electrons. The lowest BCUT2D eigenvalue weighted by atomic mass is 10.2. The summed E-state index contributed by atoms with van der Waals surface area (Å²) in [7, 11) is 0. The number of nitrogens with one attached hydrogen (secondary N) is 1. The number of oxazole rings is 1. The number of benzene rings is 2. The fraction of sp³-hybridized carbons (Fsp3) is 0.200. The van der Waals surface area contributed by atoms with Gasteiger partial charge in [-0.15, -0.1) is 11.8 Å². The van der Waals surface area contributed by atoms with E-state index in [9.17, 15) is 4.79 Å². The Kier molecular flexibility index (Phi) is 5.56. The van der Waals surface area contributed by atoms with Crippen molar-refractivity contribution in [3.05, 3.63) is 72.1 Å². The third-order valence-corrected chi connectivity index (χ3v) is 4.89. The number of hydrogen-bond donors (Lipinski definition) is 1. The highest BCUT2D eigenvalue weighted by Crippen LogP contribution is 2.23. The van der Waals surface area contributed by atoms with Crippen LogP contribution in [0.5, 0.6) is 0 Å². The lowest BCUT2D eigenvalue weighted by Crippen LogP contribution is -2.22.